The van der Waals surface area contributed by atoms with E-state index >= 15 is 0 Å². The van der Waals surface area contributed by atoms with Crippen molar-refractivity contribution >= 4 is 29.2 Å². The van der Waals surface area contributed by atoms with Crippen molar-refractivity contribution in [2.45, 2.75) is 55.7 Å². The minimum atomic E-state index is -0.765. The maximum Gasteiger partial charge on any atom is 0.287 e. The van der Waals surface area contributed by atoms with Crippen LogP contribution in [0.15, 0.2) is 35.1 Å². The Morgan fingerprint density at radius 2 is 2.00 bits per heavy atom. The number of Topliss-reactive ketones (excluding diaryl/α,β-unsaturated/α-hetero) is 1. The highest BCUT2D eigenvalue weighted by molar-refractivity contribution is 6.22. The first-order chi connectivity index (χ1) is 16.0. The molecule has 2 saturated heterocycles. The molecule has 0 aromatic carbocycles. The van der Waals surface area contributed by atoms with Crippen LogP contribution in [-0.2, 0) is 14.3 Å². The molecule has 1 N–H and O–H groups in total. The molecule has 1 saturated carbocycles. The van der Waals surface area contributed by atoms with Gasteiger partial charge in [-0.25, -0.2) is 4.98 Å². The second-order valence-corrected chi connectivity index (χ2v) is 9.36. The van der Waals surface area contributed by atoms with Crippen LogP contribution >= 0.6 is 11.6 Å². The largest absolute Gasteiger partial charge is 0.449 e. The SMILES string of the molecule is O=C(N[C@H](C(=O)N1C[C@H](Cl)[C@H]2OCC(=O)[C@H]21)C1CCCCC1)c1ccc(-c2cnccn2)o1. The maximum absolute atomic E-state index is 13.7. The summed E-state index contributed by atoms with van der Waals surface area (Å²) < 4.78 is 11.2. The molecule has 33 heavy (non-hydrogen) atoms. The second kappa shape index (κ2) is 9.23. The van der Waals surface area contributed by atoms with E-state index < -0.39 is 29.5 Å². The van der Waals surface area contributed by atoms with Crippen molar-refractivity contribution in [3.63, 3.8) is 0 Å². The number of halogens is 1. The summed E-state index contributed by atoms with van der Waals surface area (Å²) in [6.07, 6.45) is 8.89. The predicted molar refractivity (Wildman–Crippen MR) is 117 cm³/mol. The highest BCUT2D eigenvalue weighted by atomic mass is 35.5. The molecule has 3 fully saturated rings. The van der Waals surface area contributed by atoms with Gasteiger partial charge < -0.3 is 19.4 Å². The molecule has 2 aromatic rings. The number of aromatic nitrogens is 2. The summed E-state index contributed by atoms with van der Waals surface area (Å²) in [5, 5.41) is 2.45. The molecule has 4 heterocycles. The van der Waals surface area contributed by atoms with Crippen molar-refractivity contribution in [2.75, 3.05) is 13.2 Å². The minimum Gasteiger partial charge on any atom is -0.449 e. The van der Waals surface area contributed by atoms with Gasteiger partial charge in [-0.05, 0) is 30.9 Å². The molecule has 0 spiro atoms. The molecule has 4 atom stereocenters. The summed E-state index contributed by atoms with van der Waals surface area (Å²) in [4.78, 5) is 48.9. The topological polar surface area (TPSA) is 115 Å². The number of alkyl halides is 1. The molecule has 0 unspecified atom stereocenters. The first-order valence-corrected chi connectivity index (χ1v) is 11.7. The number of rotatable bonds is 5. The van der Waals surface area contributed by atoms with E-state index in [9.17, 15) is 14.4 Å². The number of carbonyl (C=O) groups is 3. The summed E-state index contributed by atoms with van der Waals surface area (Å²) >= 11 is 6.39. The van der Waals surface area contributed by atoms with E-state index in [1.54, 1.807) is 24.5 Å². The lowest BCUT2D eigenvalue weighted by molar-refractivity contribution is -0.139. The average Bonchev–Trinajstić information content (AvgIpc) is 3.56. The molecule has 3 aliphatic rings. The number of furan rings is 1. The number of ketones is 1. The fourth-order valence-corrected chi connectivity index (χ4v) is 5.45. The van der Waals surface area contributed by atoms with Crippen LogP contribution in [0.3, 0.4) is 0 Å². The van der Waals surface area contributed by atoms with Crippen LogP contribution in [-0.4, -0.2) is 69.2 Å². The predicted octanol–water partition coefficient (Wildman–Crippen LogP) is 2.20. The Kier molecular flexibility index (Phi) is 6.16. The maximum atomic E-state index is 13.7. The van der Waals surface area contributed by atoms with Crippen molar-refractivity contribution in [2.24, 2.45) is 5.92 Å². The summed E-state index contributed by atoms with van der Waals surface area (Å²) in [5.41, 5.74) is 0.507. The molecule has 2 aliphatic heterocycles. The third-order valence-corrected chi connectivity index (χ3v) is 7.11. The number of ether oxygens (including phenoxy) is 1. The summed E-state index contributed by atoms with van der Waals surface area (Å²) in [6, 6.07) is 1.75. The lowest BCUT2D eigenvalue weighted by atomic mass is 9.83. The second-order valence-electron chi connectivity index (χ2n) is 8.80. The number of fused-ring (bicyclic) bond motifs is 1. The van der Waals surface area contributed by atoms with Gasteiger partial charge in [0.25, 0.3) is 5.91 Å². The molecular weight excluding hydrogens is 448 g/mol. The van der Waals surface area contributed by atoms with E-state index in [2.05, 4.69) is 15.3 Å². The Balaban J connectivity index is 1.37. The Bertz CT molecular complexity index is 1040. The Morgan fingerprint density at radius 1 is 1.18 bits per heavy atom. The van der Waals surface area contributed by atoms with Gasteiger partial charge in [0.15, 0.2) is 17.3 Å². The lowest BCUT2D eigenvalue weighted by Gasteiger charge is -2.34. The molecule has 1 aliphatic carbocycles. The molecule has 5 rings (SSSR count). The van der Waals surface area contributed by atoms with Crippen molar-refractivity contribution in [3.8, 4) is 11.5 Å². The Morgan fingerprint density at radius 3 is 2.76 bits per heavy atom. The highest BCUT2D eigenvalue weighted by Gasteiger charge is 2.53. The monoisotopic (exact) mass is 472 g/mol. The van der Waals surface area contributed by atoms with Gasteiger partial charge in [0, 0.05) is 18.9 Å². The van der Waals surface area contributed by atoms with Crippen LogP contribution in [0.5, 0.6) is 0 Å². The van der Waals surface area contributed by atoms with Crippen molar-refractivity contribution in [3.05, 3.63) is 36.5 Å². The number of hydrogen-bond donors (Lipinski definition) is 1. The molecule has 0 radical (unpaired) electrons. The fraction of sp³-hybridized carbons (Fsp3) is 0.522. The molecule has 2 aromatic heterocycles. The van der Waals surface area contributed by atoms with Gasteiger partial charge in [-0.1, -0.05) is 19.3 Å². The van der Waals surface area contributed by atoms with Crippen LogP contribution < -0.4 is 5.32 Å². The minimum absolute atomic E-state index is 0.0186. The number of carbonyl (C=O) groups excluding carboxylic acids is 3. The van der Waals surface area contributed by atoms with E-state index in [-0.39, 0.29) is 36.5 Å². The summed E-state index contributed by atoms with van der Waals surface area (Å²) in [7, 11) is 0. The van der Waals surface area contributed by atoms with Gasteiger partial charge in [0.2, 0.25) is 5.91 Å². The molecule has 174 valence electrons. The van der Waals surface area contributed by atoms with Crippen molar-refractivity contribution < 1.29 is 23.5 Å². The number of likely N-dealkylation sites (tertiary alicyclic amines) is 1. The Labute approximate surface area is 195 Å². The van der Waals surface area contributed by atoms with Crippen LogP contribution in [0.2, 0.25) is 0 Å². The normalized spacial score (nSPS) is 26.3. The van der Waals surface area contributed by atoms with Crippen LogP contribution in [0, 0.1) is 5.92 Å². The molecule has 9 nitrogen and oxygen atoms in total. The highest BCUT2D eigenvalue weighted by Crippen LogP contribution is 2.34. The number of nitrogens with zero attached hydrogens (tertiary/aromatic N) is 3. The van der Waals surface area contributed by atoms with Crippen molar-refractivity contribution in [1.29, 1.82) is 0 Å². The van der Waals surface area contributed by atoms with Gasteiger partial charge >= 0.3 is 0 Å². The van der Waals surface area contributed by atoms with E-state index in [4.69, 9.17) is 20.8 Å². The van der Waals surface area contributed by atoms with Crippen LogP contribution in [0.25, 0.3) is 11.5 Å². The van der Waals surface area contributed by atoms with Gasteiger partial charge in [0.05, 0.1) is 11.6 Å². The quantitative estimate of drug-likeness (QED) is 0.663. The standard InChI is InChI=1S/C23H25ClN4O5/c24-14-11-28(20-16(29)12-32-21(14)20)23(31)19(13-4-2-1-3-5-13)27-22(30)18-7-6-17(33-18)15-10-25-8-9-26-15/h6-10,13-14,19-21H,1-5,11-12H2,(H,27,30)/t14-,19-,20+,21+/m0/s1. The smallest absolute Gasteiger partial charge is 0.287 e. The third kappa shape index (κ3) is 4.27. The molecule has 10 heteroatoms. The van der Waals surface area contributed by atoms with E-state index in [0.29, 0.717) is 11.5 Å². The van der Waals surface area contributed by atoms with Crippen LogP contribution in [0.4, 0.5) is 0 Å². The van der Waals surface area contributed by atoms with Gasteiger partial charge in [-0.2, -0.15) is 0 Å². The number of nitrogens with one attached hydrogen (secondary N) is 1. The Hall–Kier alpha value is -2.78. The van der Waals surface area contributed by atoms with Crippen molar-refractivity contribution in [1.82, 2.24) is 20.2 Å². The van der Waals surface area contributed by atoms with Gasteiger partial charge in [0.1, 0.15) is 30.5 Å². The average molecular weight is 473 g/mol. The van der Waals surface area contributed by atoms with Crippen LogP contribution in [0.1, 0.15) is 42.7 Å². The first-order valence-electron chi connectivity index (χ1n) is 11.3. The zero-order valence-corrected chi connectivity index (χ0v) is 18.7. The van der Waals surface area contributed by atoms with Gasteiger partial charge in [-0.15, -0.1) is 11.6 Å². The molecule has 2 amide bonds. The van der Waals surface area contributed by atoms with E-state index in [1.165, 1.54) is 11.1 Å². The number of amides is 2. The summed E-state index contributed by atoms with van der Waals surface area (Å²) in [6.45, 7) is 0.179. The fourth-order valence-electron chi connectivity index (χ4n) is 5.09. The van der Waals surface area contributed by atoms with E-state index in [0.717, 1.165) is 32.1 Å². The first kappa shape index (κ1) is 22.0. The molecule has 0 bridgehead atoms. The third-order valence-electron chi connectivity index (χ3n) is 6.72. The van der Waals surface area contributed by atoms with Gasteiger partial charge in [-0.3, -0.25) is 19.4 Å². The lowest BCUT2D eigenvalue weighted by Crippen LogP contribution is -2.55. The zero-order valence-electron chi connectivity index (χ0n) is 18.0. The van der Waals surface area contributed by atoms with E-state index in [1.807, 2.05) is 0 Å². The molecular formula is C23H25ClN4O5. The zero-order chi connectivity index (χ0) is 22.9. The summed E-state index contributed by atoms with van der Waals surface area (Å²) in [5.74, 6) is -0.442. The number of hydrogen-bond acceptors (Lipinski definition) is 7.